The number of carbonyl (C=O) groups is 1. The minimum absolute atomic E-state index is 0.0876. The summed E-state index contributed by atoms with van der Waals surface area (Å²) in [6.07, 6.45) is 5.23. The summed E-state index contributed by atoms with van der Waals surface area (Å²) in [5.41, 5.74) is 2.77. The second-order valence-electron chi connectivity index (χ2n) is 6.07. The largest absolute Gasteiger partial charge is 0.381 e. The second-order valence-corrected chi connectivity index (χ2v) is 6.07. The molecule has 2 amide bonds. The zero-order valence-corrected chi connectivity index (χ0v) is 12.7. The lowest BCUT2D eigenvalue weighted by molar-refractivity contribution is 0.107. The summed E-state index contributed by atoms with van der Waals surface area (Å²) in [6, 6.07) is 8.88. The van der Waals surface area contributed by atoms with Crippen LogP contribution in [-0.2, 0) is 17.6 Å². The summed E-state index contributed by atoms with van der Waals surface area (Å²) in [5.74, 6) is 0. The van der Waals surface area contributed by atoms with Crippen molar-refractivity contribution >= 4 is 6.03 Å². The molecular weight excluding hydrogens is 264 g/mol. The van der Waals surface area contributed by atoms with Crippen LogP contribution in [0.15, 0.2) is 24.3 Å². The Kier molecular flexibility index (Phi) is 4.44. The van der Waals surface area contributed by atoms with E-state index in [0.29, 0.717) is 6.10 Å². The summed E-state index contributed by atoms with van der Waals surface area (Å²) in [5, 5.41) is 3.17. The number of hydrogen-bond donors (Lipinski definition) is 1. The first kappa shape index (κ1) is 14.4. The van der Waals surface area contributed by atoms with Crippen molar-refractivity contribution in [2.24, 2.45) is 0 Å². The van der Waals surface area contributed by atoms with Crippen LogP contribution in [0.1, 0.15) is 30.4 Å². The maximum Gasteiger partial charge on any atom is 0.317 e. The molecule has 1 N–H and O–H groups in total. The molecule has 1 aliphatic carbocycles. The number of rotatable bonds is 2. The van der Waals surface area contributed by atoms with Gasteiger partial charge in [-0.2, -0.15) is 0 Å². The van der Waals surface area contributed by atoms with Gasteiger partial charge in [0.25, 0.3) is 0 Å². The van der Waals surface area contributed by atoms with Gasteiger partial charge in [-0.25, -0.2) is 4.79 Å². The van der Waals surface area contributed by atoms with Gasteiger partial charge in [-0.3, -0.25) is 0 Å². The molecule has 0 bridgehead atoms. The van der Waals surface area contributed by atoms with E-state index >= 15 is 0 Å². The van der Waals surface area contributed by atoms with Gasteiger partial charge in [-0.15, -0.1) is 0 Å². The Morgan fingerprint density at radius 3 is 2.43 bits per heavy atom. The Hall–Kier alpha value is -1.55. The molecule has 1 aromatic rings. The topological polar surface area (TPSA) is 41.6 Å². The quantitative estimate of drug-likeness (QED) is 0.907. The molecule has 1 fully saturated rings. The molecule has 2 atom stereocenters. The van der Waals surface area contributed by atoms with Gasteiger partial charge in [0.1, 0.15) is 0 Å². The summed E-state index contributed by atoms with van der Waals surface area (Å²) >= 11 is 0. The number of methoxy groups -OCH3 is 1. The van der Waals surface area contributed by atoms with Gasteiger partial charge in [0.15, 0.2) is 0 Å². The first-order chi connectivity index (χ1) is 10.3. The number of hydrogen-bond acceptors (Lipinski definition) is 2. The third-order valence-corrected chi connectivity index (χ3v) is 4.75. The van der Waals surface area contributed by atoms with Crippen molar-refractivity contribution in [2.45, 2.75) is 44.2 Å². The smallest absolute Gasteiger partial charge is 0.317 e. The van der Waals surface area contributed by atoms with E-state index in [9.17, 15) is 4.79 Å². The first-order valence-electron chi connectivity index (χ1n) is 7.91. The highest BCUT2D eigenvalue weighted by Crippen LogP contribution is 2.22. The van der Waals surface area contributed by atoms with E-state index in [1.54, 1.807) is 7.11 Å². The van der Waals surface area contributed by atoms with E-state index in [2.05, 4.69) is 29.6 Å². The normalized spacial score (nSPS) is 25.3. The molecule has 1 aromatic carbocycles. The number of ether oxygens (including phenoxy) is 1. The molecule has 4 nitrogen and oxygen atoms in total. The van der Waals surface area contributed by atoms with E-state index in [-0.39, 0.29) is 12.1 Å². The highest BCUT2D eigenvalue weighted by atomic mass is 16.5. The molecule has 1 aliphatic heterocycles. The molecule has 0 spiro atoms. The van der Waals surface area contributed by atoms with E-state index in [0.717, 1.165) is 45.2 Å². The van der Waals surface area contributed by atoms with Crippen molar-refractivity contribution in [3.8, 4) is 0 Å². The molecule has 0 aromatic heterocycles. The van der Waals surface area contributed by atoms with Gasteiger partial charge < -0.3 is 15.0 Å². The number of nitrogens with one attached hydrogen (secondary N) is 1. The molecule has 1 heterocycles. The molecule has 2 unspecified atom stereocenters. The molecule has 21 heavy (non-hydrogen) atoms. The van der Waals surface area contributed by atoms with Crippen LogP contribution in [0.4, 0.5) is 4.79 Å². The number of carbonyl (C=O) groups excluding carboxylic acids is 1. The van der Waals surface area contributed by atoms with E-state index in [1.165, 1.54) is 11.1 Å². The SMILES string of the molecule is COC1CCC(NC(=O)N2CCc3ccccc3CC2)C1. The van der Waals surface area contributed by atoms with Gasteiger partial charge in [0, 0.05) is 26.2 Å². The predicted octanol–water partition coefficient (Wildman–Crippen LogP) is 2.36. The van der Waals surface area contributed by atoms with Gasteiger partial charge in [0.2, 0.25) is 0 Å². The highest BCUT2D eigenvalue weighted by molar-refractivity contribution is 5.74. The molecule has 0 radical (unpaired) electrons. The predicted molar refractivity (Wildman–Crippen MR) is 82.4 cm³/mol. The van der Waals surface area contributed by atoms with Crippen molar-refractivity contribution in [3.63, 3.8) is 0 Å². The van der Waals surface area contributed by atoms with Gasteiger partial charge in [-0.05, 0) is 43.2 Å². The van der Waals surface area contributed by atoms with E-state index < -0.39 is 0 Å². The number of fused-ring (bicyclic) bond motifs is 1. The zero-order chi connectivity index (χ0) is 14.7. The maximum absolute atomic E-state index is 12.4. The van der Waals surface area contributed by atoms with Crippen molar-refractivity contribution in [2.75, 3.05) is 20.2 Å². The fraction of sp³-hybridized carbons (Fsp3) is 0.588. The van der Waals surface area contributed by atoms with Crippen LogP contribution < -0.4 is 5.32 Å². The van der Waals surface area contributed by atoms with Crippen LogP contribution in [0.25, 0.3) is 0 Å². The zero-order valence-electron chi connectivity index (χ0n) is 12.7. The van der Waals surface area contributed by atoms with Crippen LogP contribution in [-0.4, -0.2) is 43.3 Å². The Morgan fingerprint density at radius 2 is 1.86 bits per heavy atom. The minimum Gasteiger partial charge on any atom is -0.381 e. The summed E-state index contributed by atoms with van der Waals surface area (Å²) < 4.78 is 5.37. The third kappa shape index (κ3) is 3.38. The lowest BCUT2D eigenvalue weighted by atomic mass is 10.0. The highest BCUT2D eigenvalue weighted by Gasteiger charge is 2.27. The summed E-state index contributed by atoms with van der Waals surface area (Å²) in [6.45, 7) is 1.62. The molecule has 2 aliphatic rings. The van der Waals surface area contributed by atoms with Crippen molar-refractivity contribution < 1.29 is 9.53 Å². The Balaban J connectivity index is 1.55. The number of urea groups is 1. The van der Waals surface area contributed by atoms with Crippen LogP contribution >= 0.6 is 0 Å². The Morgan fingerprint density at radius 1 is 1.19 bits per heavy atom. The van der Waals surface area contributed by atoms with Gasteiger partial charge >= 0.3 is 6.03 Å². The lowest BCUT2D eigenvalue weighted by Gasteiger charge is -2.23. The number of benzene rings is 1. The molecule has 3 rings (SSSR count). The van der Waals surface area contributed by atoms with Gasteiger partial charge in [0.05, 0.1) is 6.10 Å². The molecule has 0 saturated heterocycles. The molecular formula is C17H24N2O2. The maximum atomic E-state index is 12.4. The fourth-order valence-corrected chi connectivity index (χ4v) is 3.42. The summed E-state index contributed by atoms with van der Waals surface area (Å²) in [7, 11) is 1.75. The minimum atomic E-state index is 0.0876. The third-order valence-electron chi connectivity index (χ3n) is 4.75. The average molecular weight is 288 g/mol. The molecule has 114 valence electrons. The van der Waals surface area contributed by atoms with Crippen LogP contribution in [0.5, 0.6) is 0 Å². The van der Waals surface area contributed by atoms with Crippen molar-refractivity contribution in [1.29, 1.82) is 0 Å². The van der Waals surface area contributed by atoms with Crippen molar-refractivity contribution in [1.82, 2.24) is 10.2 Å². The Bertz CT molecular complexity index is 476. The monoisotopic (exact) mass is 288 g/mol. The lowest BCUT2D eigenvalue weighted by Crippen LogP contribution is -2.45. The first-order valence-corrected chi connectivity index (χ1v) is 7.91. The number of nitrogens with zero attached hydrogens (tertiary/aromatic N) is 1. The van der Waals surface area contributed by atoms with Crippen molar-refractivity contribution in [3.05, 3.63) is 35.4 Å². The van der Waals surface area contributed by atoms with Crippen LogP contribution in [0.2, 0.25) is 0 Å². The fourth-order valence-electron chi connectivity index (χ4n) is 3.42. The molecule has 4 heteroatoms. The summed E-state index contributed by atoms with van der Waals surface area (Å²) in [4.78, 5) is 14.4. The van der Waals surface area contributed by atoms with Gasteiger partial charge in [-0.1, -0.05) is 24.3 Å². The Labute approximate surface area is 126 Å². The standard InChI is InChI=1S/C17H24N2O2/c1-21-16-7-6-15(12-16)18-17(20)19-10-8-13-4-2-3-5-14(13)9-11-19/h2-5,15-16H,6-12H2,1H3,(H,18,20). The van der Waals surface area contributed by atoms with E-state index in [4.69, 9.17) is 4.74 Å². The van der Waals surface area contributed by atoms with E-state index in [1.807, 2.05) is 4.90 Å². The molecule has 1 saturated carbocycles. The second kappa shape index (κ2) is 6.48. The van der Waals surface area contributed by atoms with Crippen LogP contribution in [0, 0.1) is 0 Å². The number of amides is 2. The van der Waals surface area contributed by atoms with Crippen LogP contribution in [0.3, 0.4) is 0 Å². The average Bonchev–Trinajstić information content (AvgIpc) is 2.84.